The van der Waals surface area contributed by atoms with Crippen LogP contribution >= 0.6 is 11.3 Å². The number of nitrogens with zero attached hydrogens (tertiary/aromatic N) is 4. The van der Waals surface area contributed by atoms with Gasteiger partial charge in [-0.15, -0.1) is 11.3 Å². The normalized spacial score (nSPS) is 13.8. The van der Waals surface area contributed by atoms with Crippen molar-refractivity contribution in [2.75, 3.05) is 17.6 Å². The molecule has 0 aromatic carbocycles. The topological polar surface area (TPSA) is 130 Å². The van der Waals surface area contributed by atoms with Crippen LogP contribution in [-0.4, -0.2) is 44.3 Å². The number of ether oxygens (including phenoxy) is 1. The van der Waals surface area contributed by atoms with Gasteiger partial charge in [-0.2, -0.15) is 0 Å². The molecule has 1 aliphatic rings. The van der Waals surface area contributed by atoms with Crippen LogP contribution in [0.5, 0.6) is 0 Å². The first-order chi connectivity index (χ1) is 14.2. The highest BCUT2D eigenvalue weighted by atomic mass is 32.1. The number of hydrogen-bond donors (Lipinski definition) is 3. The highest BCUT2D eigenvalue weighted by Gasteiger charge is 2.29. The first kappa shape index (κ1) is 20.0. The van der Waals surface area contributed by atoms with Crippen molar-refractivity contribution in [1.29, 1.82) is 5.41 Å². The number of rotatable bonds is 3. The van der Waals surface area contributed by atoms with Crippen molar-refractivity contribution in [2.45, 2.75) is 39.3 Å². The van der Waals surface area contributed by atoms with Gasteiger partial charge in [-0.25, -0.2) is 19.7 Å². The van der Waals surface area contributed by atoms with Crippen molar-refractivity contribution in [3.8, 4) is 0 Å². The Morgan fingerprint density at radius 1 is 1.37 bits per heavy atom. The van der Waals surface area contributed by atoms with E-state index >= 15 is 0 Å². The number of pyridine rings is 1. The van der Waals surface area contributed by atoms with Crippen LogP contribution < -0.4 is 11.1 Å². The van der Waals surface area contributed by atoms with Crippen molar-refractivity contribution >= 4 is 51.2 Å². The molecule has 4 rings (SSSR count). The summed E-state index contributed by atoms with van der Waals surface area (Å²) in [6.07, 6.45) is 4.69. The Morgan fingerprint density at radius 2 is 2.17 bits per heavy atom. The van der Waals surface area contributed by atoms with E-state index in [9.17, 15) is 4.79 Å². The van der Waals surface area contributed by atoms with Crippen LogP contribution in [0, 0.1) is 5.41 Å². The van der Waals surface area contributed by atoms with Crippen molar-refractivity contribution in [1.82, 2.24) is 19.9 Å². The zero-order valence-corrected chi connectivity index (χ0v) is 17.8. The molecule has 0 unspecified atom stereocenters. The van der Waals surface area contributed by atoms with Gasteiger partial charge in [0, 0.05) is 23.2 Å². The van der Waals surface area contributed by atoms with E-state index in [-0.39, 0.29) is 6.09 Å². The number of nitrogens with two attached hydrogens (primary N) is 1. The van der Waals surface area contributed by atoms with Gasteiger partial charge >= 0.3 is 6.09 Å². The van der Waals surface area contributed by atoms with E-state index < -0.39 is 5.60 Å². The molecule has 0 atom stereocenters. The lowest BCUT2D eigenvalue weighted by Gasteiger charge is -2.30. The molecule has 0 spiro atoms. The molecule has 3 aromatic rings. The summed E-state index contributed by atoms with van der Waals surface area (Å²) in [5.74, 6) is 0.976. The maximum absolute atomic E-state index is 12.5. The van der Waals surface area contributed by atoms with Crippen LogP contribution in [-0.2, 0) is 17.7 Å². The van der Waals surface area contributed by atoms with Gasteiger partial charge in [0.1, 0.15) is 28.4 Å². The molecule has 156 valence electrons. The van der Waals surface area contributed by atoms with Crippen LogP contribution in [0.15, 0.2) is 18.6 Å². The van der Waals surface area contributed by atoms with Gasteiger partial charge in [0.15, 0.2) is 0 Å². The molecule has 0 fully saturated rings. The number of nitrogen functional groups attached to an aromatic ring is 1. The third-order valence-electron chi connectivity index (χ3n) is 4.66. The highest BCUT2D eigenvalue weighted by molar-refractivity contribution is 7.19. The number of fused-ring (bicyclic) bond motifs is 3. The molecule has 3 aromatic heterocycles. The molecular formula is C20H23N7O2S. The smallest absolute Gasteiger partial charge is 0.410 e. The molecule has 0 radical (unpaired) electrons. The van der Waals surface area contributed by atoms with Gasteiger partial charge in [0.25, 0.3) is 0 Å². The standard InChI is InChI=1S/C20H23N7O2S/c1-20(2,3)29-19(28)27-5-4-13-14(9-27)30-18-15(13)17(24-10-25-18)26-12-6-11(7-21)16(22)23-8-12/h6-8,10,21H,4-5,9H2,1-3H3,(H2,22,23)(H,24,25,26). The molecule has 4 N–H and O–H groups in total. The fraction of sp³-hybridized carbons (Fsp3) is 0.350. The predicted molar refractivity (Wildman–Crippen MR) is 118 cm³/mol. The minimum Gasteiger partial charge on any atom is -0.444 e. The molecule has 1 aliphatic heterocycles. The van der Waals surface area contributed by atoms with E-state index in [4.69, 9.17) is 15.9 Å². The predicted octanol–water partition coefficient (Wildman–Crippen LogP) is 3.70. The molecule has 30 heavy (non-hydrogen) atoms. The van der Waals surface area contributed by atoms with E-state index in [1.165, 1.54) is 12.5 Å². The number of anilines is 3. The summed E-state index contributed by atoms with van der Waals surface area (Å²) in [7, 11) is 0. The van der Waals surface area contributed by atoms with Crippen molar-refractivity contribution in [3.63, 3.8) is 0 Å². The summed E-state index contributed by atoms with van der Waals surface area (Å²) in [6.45, 7) is 6.66. The fourth-order valence-electron chi connectivity index (χ4n) is 3.32. The number of carbonyl (C=O) groups excluding carboxylic acids is 1. The maximum Gasteiger partial charge on any atom is 0.410 e. The lowest BCUT2D eigenvalue weighted by atomic mass is 10.1. The zero-order chi connectivity index (χ0) is 21.5. The van der Waals surface area contributed by atoms with E-state index in [1.807, 2.05) is 20.8 Å². The second kappa shape index (κ2) is 7.52. The summed E-state index contributed by atoms with van der Waals surface area (Å²) in [5.41, 5.74) is 7.62. The largest absolute Gasteiger partial charge is 0.444 e. The Balaban J connectivity index is 1.64. The minimum atomic E-state index is -0.525. The second-order valence-electron chi connectivity index (χ2n) is 8.03. The van der Waals surface area contributed by atoms with Gasteiger partial charge in [-0.05, 0) is 38.8 Å². The van der Waals surface area contributed by atoms with E-state index in [1.54, 1.807) is 28.5 Å². The van der Waals surface area contributed by atoms with E-state index in [0.717, 1.165) is 20.7 Å². The zero-order valence-electron chi connectivity index (χ0n) is 17.0. The first-order valence-electron chi connectivity index (χ1n) is 9.51. The van der Waals surface area contributed by atoms with Crippen LogP contribution in [0.3, 0.4) is 0 Å². The van der Waals surface area contributed by atoms with E-state index in [0.29, 0.717) is 42.4 Å². The Hall–Kier alpha value is -3.27. The first-order valence-corrected chi connectivity index (χ1v) is 10.3. The Kier molecular flexibility index (Phi) is 5.02. The number of aromatic nitrogens is 3. The average Bonchev–Trinajstić information content (AvgIpc) is 3.06. The summed E-state index contributed by atoms with van der Waals surface area (Å²) in [5, 5.41) is 11.7. The Morgan fingerprint density at radius 3 is 2.90 bits per heavy atom. The summed E-state index contributed by atoms with van der Waals surface area (Å²) in [4.78, 5) is 29.1. The SMILES string of the molecule is CC(C)(C)OC(=O)N1CCc2c(sc3ncnc(Nc4cnc(N)c(C=N)c4)c23)C1. The van der Waals surface area contributed by atoms with Crippen molar-refractivity contribution in [3.05, 3.63) is 34.6 Å². The quantitative estimate of drug-likeness (QED) is 0.545. The molecule has 10 heteroatoms. The molecule has 0 aliphatic carbocycles. The number of hydrogen-bond acceptors (Lipinski definition) is 9. The number of carbonyl (C=O) groups is 1. The van der Waals surface area contributed by atoms with Crippen LogP contribution in [0.25, 0.3) is 10.2 Å². The van der Waals surface area contributed by atoms with Crippen LogP contribution in [0.2, 0.25) is 0 Å². The van der Waals surface area contributed by atoms with Crippen LogP contribution in [0.1, 0.15) is 36.8 Å². The highest BCUT2D eigenvalue weighted by Crippen LogP contribution is 2.38. The van der Waals surface area contributed by atoms with Gasteiger partial charge in [0.05, 0.1) is 23.8 Å². The molecule has 1 amide bonds. The number of amides is 1. The lowest BCUT2D eigenvalue weighted by molar-refractivity contribution is 0.0227. The third-order valence-corrected chi connectivity index (χ3v) is 5.78. The summed E-state index contributed by atoms with van der Waals surface area (Å²) < 4.78 is 5.52. The molecule has 0 saturated carbocycles. The summed E-state index contributed by atoms with van der Waals surface area (Å²) >= 11 is 1.56. The van der Waals surface area contributed by atoms with Crippen LogP contribution in [0.4, 0.5) is 22.1 Å². The molecule has 0 bridgehead atoms. The lowest BCUT2D eigenvalue weighted by Crippen LogP contribution is -2.39. The Bertz CT molecular complexity index is 1140. The summed E-state index contributed by atoms with van der Waals surface area (Å²) in [6, 6.07) is 1.76. The molecule has 4 heterocycles. The van der Waals surface area contributed by atoms with Gasteiger partial charge < -0.3 is 26.1 Å². The fourth-order valence-corrected chi connectivity index (χ4v) is 4.52. The average molecular weight is 426 g/mol. The van der Waals surface area contributed by atoms with Gasteiger partial charge in [0.2, 0.25) is 0 Å². The molecule has 0 saturated heterocycles. The second-order valence-corrected chi connectivity index (χ2v) is 9.11. The van der Waals surface area contributed by atoms with Gasteiger partial charge in [-0.3, -0.25) is 0 Å². The molecule has 9 nitrogen and oxygen atoms in total. The van der Waals surface area contributed by atoms with Crippen molar-refractivity contribution < 1.29 is 9.53 Å². The Labute approximate surface area is 177 Å². The van der Waals surface area contributed by atoms with Crippen molar-refractivity contribution in [2.24, 2.45) is 0 Å². The third kappa shape index (κ3) is 3.90. The minimum absolute atomic E-state index is 0.304. The maximum atomic E-state index is 12.5. The number of nitrogens with one attached hydrogen (secondary N) is 2. The van der Waals surface area contributed by atoms with E-state index in [2.05, 4.69) is 20.3 Å². The monoisotopic (exact) mass is 425 g/mol. The van der Waals surface area contributed by atoms with Gasteiger partial charge in [-0.1, -0.05) is 0 Å². The molecular weight excluding hydrogens is 402 g/mol. The number of thiophene rings is 1.